The number of rotatable bonds is 5. The van der Waals surface area contributed by atoms with Gasteiger partial charge in [0.15, 0.2) is 0 Å². The highest BCUT2D eigenvalue weighted by Gasteiger charge is 2.33. The number of para-hydroxylation sites is 3. The van der Waals surface area contributed by atoms with Gasteiger partial charge in [-0.15, -0.1) is 0 Å². The van der Waals surface area contributed by atoms with Crippen molar-refractivity contribution in [1.29, 1.82) is 0 Å². The number of imidazole rings is 1. The van der Waals surface area contributed by atoms with Crippen LogP contribution >= 0.6 is 0 Å². The van der Waals surface area contributed by atoms with Gasteiger partial charge >= 0.3 is 0 Å². The van der Waals surface area contributed by atoms with Gasteiger partial charge in [-0.05, 0) is 49.2 Å². The van der Waals surface area contributed by atoms with E-state index in [-0.39, 0.29) is 17.7 Å². The number of benzene rings is 2. The SMILES string of the molecule is CN(C(=O)C1CC1)c1ccccc1C(=O)Nc1ccc(-n2cnc3ccccc32)nc1. The fourth-order valence-electron chi connectivity index (χ4n) is 3.62. The molecule has 7 heteroatoms. The van der Waals surface area contributed by atoms with Gasteiger partial charge in [-0.3, -0.25) is 14.2 Å². The fraction of sp³-hybridized carbons (Fsp3) is 0.167. The number of pyridine rings is 1. The molecule has 2 aromatic heterocycles. The van der Waals surface area contributed by atoms with Crippen LogP contribution in [-0.2, 0) is 4.79 Å². The Morgan fingerprint density at radius 3 is 2.55 bits per heavy atom. The molecule has 1 saturated carbocycles. The molecule has 0 aliphatic heterocycles. The van der Waals surface area contributed by atoms with Crippen molar-refractivity contribution in [3.63, 3.8) is 0 Å². The quantitative estimate of drug-likeness (QED) is 0.537. The van der Waals surface area contributed by atoms with Gasteiger partial charge in [0.05, 0.1) is 34.2 Å². The lowest BCUT2D eigenvalue weighted by molar-refractivity contribution is -0.119. The van der Waals surface area contributed by atoms with Gasteiger partial charge in [-0.2, -0.15) is 0 Å². The number of carbonyl (C=O) groups excluding carboxylic acids is 2. The molecule has 0 atom stereocenters. The van der Waals surface area contributed by atoms with E-state index in [1.807, 2.05) is 41.0 Å². The molecule has 7 nitrogen and oxygen atoms in total. The van der Waals surface area contributed by atoms with Crippen LogP contribution in [0.2, 0.25) is 0 Å². The van der Waals surface area contributed by atoms with E-state index in [1.54, 1.807) is 48.7 Å². The van der Waals surface area contributed by atoms with Crippen molar-refractivity contribution in [2.75, 3.05) is 17.3 Å². The van der Waals surface area contributed by atoms with Crippen molar-refractivity contribution in [2.45, 2.75) is 12.8 Å². The Morgan fingerprint density at radius 2 is 1.77 bits per heavy atom. The van der Waals surface area contributed by atoms with Crippen molar-refractivity contribution in [3.05, 3.63) is 78.8 Å². The molecule has 1 aliphatic carbocycles. The predicted octanol–water partition coefficient (Wildman–Crippen LogP) is 4.05. The zero-order chi connectivity index (χ0) is 21.4. The average Bonchev–Trinajstić information content (AvgIpc) is 3.57. The second-order valence-corrected chi connectivity index (χ2v) is 7.65. The first-order valence-electron chi connectivity index (χ1n) is 10.2. The zero-order valence-electron chi connectivity index (χ0n) is 17.0. The molecule has 1 fully saturated rings. The van der Waals surface area contributed by atoms with Crippen molar-refractivity contribution >= 4 is 34.2 Å². The number of anilines is 2. The highest BCUT2D eigenvalue weighted by molar-refractivity contribution is 6.10. The summed E-state index contributed by atoms with van der Waals surface area (Å²) in [5.74, 6) is 0.562. The number of fused-ring (bicyclic) bond motifs is 1. The van der Waals surface area contributed by atoms with Crippen LogP contribution in [0.15, 0.2) is 73.2 Å². The summed E-state index contributed by atoms with van der Waals surface area (Å²) >= 11 is 0. The molecule has 0 radical (unpaired) electrons. The molecule has 2 heterocycles. The number of aromatic nitrogens is 3. The molecule has 154 valence electrons. The fourth-order valence-corrected chi connectivity index (χ4v) is 3.62. The van der Waals surface area contributed by atoms with E-state index >= 15 is 0 Å². The van der Waals surface area contributed by atoms with Crippen molar-refractivity contribution in [3.8, 4) is 5.82 Å². The lowest BCUT2D eigenvalue weighted by Crippen LogP contribution is -2.29. The van der Waals surface area contributed by atoms with Crippen molar-refractivity contribution < 1.29 is 9.59 Å². The van der Waals surface area contributed by atoms with E-state index in [1.165, 1.54) is 0 Å². The monoisotopic (exact) mass is 411 g/mol. The molecule has 0 bridgehead atoms. The van der Waals surface area contributed by atoms with Crippen molar-refractivity contribution in [1.82, 2.24) is 14.5 Å². The Morgan fingerprint density at radius 1 is 1.00 bits per heavy atom. The molecule has 0 saturated heterocycles. The topological polar surface area (TPSA) is 80.1 Å². The maximum absolute atomic E-state index is 12.9. The van der Waals surface area contributed by atoms with E-state index in [4.69, 9.17) is 0 Å². The van der Waals surface area contributed by atoms with Gasteiger partial charge in [-0.25, -0.2) is 9.97 Å². The van der Waals surface area contributed by atoms with Gasteiger partial charge in [0.2, 0.25) is 5.91 Å². The normalized spacial score (nSPS) is 13.2. The van der Waals surface area contributed by atoms with E-state index in [0.717, 1.165) is 23.9 Å². The molecular weight excluding hydrogens is 390 g/mol. The minimum absolute atomic E-state index is 0.0545. The second kappa shape index (κ2) is 7.68. The first-order valence-corrected chi connectivity index (χ1v) is 10.2. The van der Waals surface area contributed by atoms with Gasteiger partial charge in [0, 0.05) is 13.0 Å². The molecule has 5 rings (SSSR count). The standard InChI is InChI=1S/C24H21N5O2/c1-28(24(31)16-10-11-16)20-8-4-2-6-18(20)23(30)27-17-12-13-22(25-14-17)29-15-26-19-7-3-5-9-21(19)29/h2-9,12-16H,10-11H2,1H3,(H,27,30). The first kappa shape index (κ1) is 19.0. The predicted molar refractivity (Wildman–Crippen MR) is 119 cm³/mol. The summed E-state index contributed by atoms with van der Waals surface area (Å²) in [5.41, 5.74) is 3.48. The molecule has 1 N–H and O–H groups in total. The Bertz CT molecular complexity index is 1270. The van der Waals surface area contributed by atoms with Crippen LogP contribution in [0.25, 0.3) is 16.9 Å². The van der Waals surface area contributed by atoms with Gasteiger partial charge < -0.3 is 10.2 Å². The van der Waals surface area contributed by atoms with E-state index in [9.17, 15) is 9.59 Å². The number of carbonyl (C=O) groups is 2. The minimum atomic E-state index is -0.284. The third-order valence-corrected chi connectivity index (χ3v) is 5.47. The number of nitrogens with zero attached hydrogens (tertiary/aromatic N) is 4. The van der Waals surface area contributed by atoms with E-state index in [2.05, 4.69) is 15.3 Å². The Kier molecular flexibility index (Phi) is 4.71. The van der Waals surface area contributed by atoms with Crippen LogP contribution in [-0.4, -0.2) is 33.4 Å². The molecular formula is C24H21N5O2. The van der Waals surface area contributed by atoms with Crippen LogP contribution in [0, 0.1) is 5.92 Å². The third kappa shape index (κ3) is 3.66. The first-order chi connectivity index (χ1) is 15.1. The summed E-state index contributed by atoms with van der Waals surface area (Å²) in [7, 11) is 1.72. The van der Waals surface area contributed by atoms with Crippen LogP contribution in [0.3, 0.4) is 0 Å². The molecule has 2 amide bonds. The molecule has 0 unspecified atom stereocenters. The van der Waals surface area contributed by atoms with Gasteiger partial charge in [0.25, 0.3) is 5.91 Å². The number of nitrogens with one attached hydrogen (secondary N) is 1. The number of hydrogen-bond acceptors (Lipinski definition) is 4. The second-order valence-electron chi connectivity index (χ2n) is 7.65. The highest BCUT2D eigenvalue weighted by atomic mass is 16.2. The maximum Gasteiger partial charge on any atom is 0.257 e. The lowest BCUT2D eigenvalue weighted by Gasteiger charge is -2.20. The lowest BCUT2D eigenvalue weighted by atomic mass is 10.1. The third-order valence-electron chi connectivity index (χ3n) is 5.47. The Labute approximate surface area is 179 Å². The molecule has 4 aromatic rings. The van der Waals surface area contributed by atoms with Gasteiger partial charge in [-0.1, -0.05) is 24.3 Å². The van der Waals surface area contributed by atoms with Crippen LogP contribution in [0.5, 0.6) is 0 Å². The highest BCUT2D eigenvalue weighted by Crippen LogP contribution is 2.33. The van der Waals surface area contributed by atoms with Crippen LogP contribution < -0.4 is 10.2 Å². The molecule has 31 heavy (non-hydrogen) atoms. The Hall–Kier alpha value is -4.00. The van der Waals surface area contributed by atoms with Crippen LogP contribution in [0.1, 0.15) is 23.2 Å². The Balaban J connectivity index is 1.36. The average molecular weight is 411 g/mol. The number of hydrogen-bond donors (Lipinski definition) is 1. The minimum Gasteiger partial charge on any atom is -0.321 e. The summed E-state index contributed by atoms with van der Waals surface area (Å²) in [4.78, 5) is 35.8. The molecule has 0 spiro atoms. The molecule has 2 aromatic carbocycles. The summed E-state index contributed by atoms with van der Waals surface area (Å²) < 4.78 is 1.90. The smallest absolute Gasteiger partial charge is 0.257 e. The van der Waals surface area contributed by atoms with E-state index in [0.29, 0.717) is 22.8 Å². The van der Waals surface area contributed by atoms with Crippen molar-refractivity contribution in [2.24, 2.45) is 5.92 Å². The number of amides is 2. The zero-order valence-corrected chi connectivity index (χ0v) is 17.0. The van der Waals surface area contributed by atoms with Gasteiger partial charge in [0.1, 0.15) is 12.1 Å². The molecule has 1 aliphatic rings. The van der Waals surface area contributed by atoms with Crippen LogP contribution in [0.4, 0.5) is 11.4 Å². The summed E-state index contributed by atoms with van der Waals surface area (Å²) in [6.45, 7) is 0. The summed E-state index contributed by atoms with van der Waals surface area (Å²) in [5, 5.41) is 2.88. The maximum atomic E-state index is 12.9. The summed E-state index contributed by atoms with van der Waals surface area (Å²) in [6, 6.07) is 18.6. The summed E-state index contributed by atoms with van der Waals surface area (Å²) in [6.07, 6.45) is 5.18. The van der Waals surface area contributed by atoms with E-state index < -0.39 is 0 Å². The largest absolute Gasteiger partial charge is 0.321 e.